The molecule has 0 heterocycles. The third-order valence-electron chi connectivity index (χ3n) is 5.62. The first-order chi connectivity index (χ1) is 15.3. The molecule has 3 aromatic rings. The Morgan fingerprint density at radius 1 is 1.06 bits per heavy atom. The number of hydrogen-bond donors (Lipinski definition) is 0. The Kier molecular flexibility index (Phi) is 5.83. The van der Waals surface area contributed by atoms with Crippen LogP contribution >= 0.6 is 0 Å². The molecule has 0 fully saturated rings. The molecule has 0 unspecified atom stereocenters. The lowest BCUT2D eigenvalue weighted by Crippen LogP contribution is -2.19. The summed E-state index contributed by atoms with van der Waals surface area (Å²) in [6, 6.07) is 25.5. The molecule has 32 heavy (non-hydrogen) atoms. The van der Waals surface area contributed by atoms with Crippen molar-refractivity contribution in [2.75, 3.05) is 4.90 Å². The second-order valence-electron chi connectivity index (χ2n) is 8.93. The fraction of sp³-hybridized carbons (Fsp3) is 0.214. The first-order valence-corrected chi connectivity index (χ1v) is 10.8. The van der Waals surface area contributed by atoms with Crippen LogP contribution in [-0.4, -0.2) is 4.92 Å². The van der Waals surface area contributed by atoms with E-state index >= 15 is 0 Å². The minimum atomic E-state index is -0.347. The molecule has 0 atom stereocenters. The average Bonchev–Trinajstić information content (AvgIpc) is 2.80. The van der Waals surface area contributed by atoms with E-state index in [2.05, 4.69) is 74.2 Å². The zero-order valence-corrected chi connectivity index (χ0v) is 18.6. The molecular formula is C28H26N2O2. The Balaban J connectivity index is 1.97. The molecule has 0 aliphatic heterocycles. The van der Waals surface area contributed by atoms with Crippen molar-refractivity contribution in [3.63, 3.8) is 0 Å². The van der Waals surface area contributed by atoms with Gasteiger partial charge in [-0.2, -0.15) is 0 Å². The highest BCUT2D eigenvalue weighted by Gasteiger charge is 2.23. The summed E-state index contributed by atoms with van der Waals surface area (Å²) in [7, 11) is 0. The van der Waals surface area contributed by atoms with Gasteiger partial charge in [0, 0.05) is 29.0 Å². The monoisotopic (exact) mass is 422 g/mol. The smallest absolute Gasteiger partial charge is 0.271 e. The van der Waals surface area contributed by atoms with Crippen LogP contribution in [0.1, 0.15) is 39.2 Å². The number of nitro groups is 1. The second-order valence-corrected chi connectivity index (χ2v) is 8.93. The normalized spacial score (nSPS) is 13.3. The quantitative estimate of drug-likeness (QED) is 0.315. The summed E-state index contributed by atoms with van der Waals surface area (Å²) in [6.45, 7) is 6.58. The molecule has 0 aromatic heterocycles. The number of nitro benzene ring substituents is 1. The van der Waals surface area contributed by atoms with Crippen LogP contribution in [0.5, 0.6) is 0 Å². The number of benzene rings is 2. The lowest BCUT2D eigenvalue weighted by Gasteiger charge is -2.31. The number of hydrogen-bond acceptors (Lipinski definition) is 3. The van der Waals surface area contributed by atoms with E-state index in [1.54, 1.807) is 12.1 Å². The van der Waals surface area contributed by atoms with Crippen molar-refractivity contribution in [1.29, 1.82) is 0 Å². The van der Waals surface area contributed by atoms with Crippen molar-refractivity contribution in [2.45, 2.75) is 39.0 Å². The summed E-state index contributed by atoms with van der Waals surface area (Å²) < 4.78 is 0. The van der Waals surface area contributed by atoms with Crippen LogP contribution in [0.3, 0.4) is 0 Å². The van der Waals surface area contributed by atoms with Crippen molar-refractivity contribution >= 4 is 17.1 Å². The van der Waals surface area contributed by atoms with Gasteiger partial charge in [0.2, 0.25) is 0 Å². The van der Waals surface area contributed by atoms with Gasteiger partial charge in [-0.15, -0.1) is 0 Å². The summed E-state index contributed by atoms with van der Waals surface area (Å²) in [4.78, 5) is 13.3. The third-order valence-corrected chi connectivity index (χ3v) is 5.62. The number of non-ortho nitro benzene ring substituents is 1. The van der Waals surface area contributed by atoms with Gasteiger partial charge >= 0.3 is 0 Å². The van der Waals surface area contributed by atoms with Gasteiger partial charge in [-0.05, 0) is 60.2 Å². The first kappa shape index (κ1) is 21.4. The fourth-order valence-electron chi connectivity index (χ4n) is 3.91. The van der Waals surface area contributed by atoms with E-state index in [0.717, 1.165) is 41.0 Å². The topological polar surface area (TPSA) is 46.4 Å². The highest BCUT2D eigenvalue weighted by Crippen LogP contribution is 2.41. The maximum Gasteiger partial charge on any atom is 0.271 e. The van der Waals surface area contributed by atoms with Gasteiger partial charge in [-0.1, -0.05) is 63.3 Å². The Hall–Kier alpha value is -3.84. The lowest BCUT2D eigenvalue weighted by molar-refractivity contribution is -0.384. The number of allylic oxidation sites excluding steroid dienone is 4. The van der Waals surface area contributed by atoms with Gasteiger partial charge < -0.3 is 4.90 Å². The summed E-state index contributed by atoms with van der Waals surface area (Å²) in [5.41, 5.74) is 6.07. The van der Waals surface area contributed by atoms with Crippen LogP contribution in [0, 0.1) is 22.2 Å². The zero-order chi connectivity index (χ0) is 22.7. The minimum Gasteiger partial charge on any atom is -0.313 e. The van der Waals surface area contributed by atoms with Gasteiger partial charge in [0.05, 0.1) is 16.3 Å². The molecule has 4 nitrogen and oxygen atoms in total. The highest BCUT2D eigenvalue weighted by atomic mass is 16.6. The Morgan fingerprint density at radius 3 is 2.56 bits per heavy atom. The minimum absolute atomic E-state index is 0.0189. The number of anilines is 2. The number of rotatable bonds is 5. The molecule has 1 aliphatic rings. The van der Waals surface area contributed by atoms with E-state index in [4.69, 9.17) is 0 Å². The van der Waals surface area contributed by atoms with Gasteiger partial charge in [0.1, 0.15) is 0 Å². The Bertz CT molecular complexity index is 1190. The predicted octanol–water partition coefficient (Wildman–Crippen LogP) is 7.53. The van der Waals surface area contributed by atoms with Crippen molar-refractivity contribution in [3.8, 4) is 11.1 Å². The second kappa shape index (κ2) is 8.72. The summed E-state index contributed by atoms with van der Waals surface area (Å²) in [6.07, 6.45) is 8.06. The van der Waals surface area contributed by atoms with Gasteiger partial charge in [-0.3, -0.25) is 10.1 Å². The third kappa shape index (κ3) is 4.43. The van der Waals surface area contributed by atoms with Gasteiger partial charge in [-0.25, -0.2) is 0 Å². The van der Waals surface area contributed by atoms with Crippen LogP contribution in [-0.2, 0) is 5.41 Å². The molecule has 160 valence electrons. The standard InChI is InChI=1S/C28H26N2O2/c1-28(2,3)22-17-18-27(26(19-22)21-11-6-4-7-12-21)29(23-13-8-5-9-14-23)24-15-10-16-25(20-24)30(31)32/h4-6,8,10-11,13,15-20H,9,14H2,1-3H3. The van der Waals surface area contributed by atoms with Crippen molar-refractivity contribution in [3.05, 3.63) is 112 Å². The van der Waals surface area contributed by atoms with Crippen LogP contribution in [0.15, 0.2) is 84.6 Å². The molecule has 3 aromatic carbocycles. The van der Waals surface area contributed by atoms with E-state index < -0.39 is 0 Å². The van der Waals surface area contributed by atoms with Crippen molar-refractivity contribution < 1.29 is 4.92 Å². The van der Waals surface area contributed by atoms with Crippen LogP contribution in [0.4, 0.5) is 17.1 Å². The van der Waals surface area contributed by atoms with E-state index in [1.165, 1.54) is 11.6 Å². The lowest BCUT2D eigenvalue weighted by atomic mass is 9.84. The van der Waals surface area contributed by atoms with Gasteiger partial charge in [0.15, 0.2) is 0 Å². The maximum absolute atomic E-state index is 11.5. The first-order valence-electron chi connectivity index (χ1n) is 10.8. The summed E-state index contributed by atoms with van der Waals surface area (Å²) >= 11 is 0. The molecule has 0 saturated carbocycles. The molecule has 1 aliphatic carbocycles. The molecule has 0 N–H and O–H groups in total. The molecule has 0 amide bonds. The largest absolute Gasteiger partial charge is 0.313 e. The maximum atomic E-state index is 11.5. The molecule has 4 rings (SSSR count). The molecule has 4 heteroatoms. The Labute approximate surface area is 189 Å². The van der Waals surface area contributed by atoms with E-state index in [0.29, 0.717) is 0 Å². The highest BCUT2D eigenvalue weighted by molar-refractivity contribution is 5.85. The van der Waals surface area contributed by atoms with Crippen LogP contribution in [0.2, 0.25) is 0 Å². The number of nitrogens with zero attached hydrogens (tertiary/aromatic N) is 2. The summed E-state index contributed by atoms with van der Waals surface area (Å²) in [5.74, 6) is 0. The predicted molar refractivity (Wildman–Crippen MR) is 130 cm³/mol. The van der Waals surface area contributed by atoms with Crippen molar-refractivity contribution in [2.24, 2.45) is 0 Å². The van der Waals surface area contributed by atoms with E-state index in [-0.39, 0.29) is 16.0 Å². The molecule has 0 bridgehead atoms. The molecule has 0 spiro atoms. The van der Waals surface area contributed by atoms with E-state index in [1.807, 2.05) is 24.3 Å². The van der Waals surface area contributed by atoms with Crippen LogP contribution < -0.4 is 4.90 Å². The van der Waals surface area contributed by atoms with Gasteiger partial charge in [0.25, 0.3) is 5.69 Å². The fourth-order valence-corrected chi connectivity index (χ4v) is 3.91. The van der Waals surface area contributed by atoms with Crippen molar-refractivity contribution in [1.82, 2.24) is 0 Å². The molecule has 0 saturated heterocycles. The zero-order valence-electron chi connectivity index (χ0n) is 18.6. The Morgan fingerprint density at radius 2 is 1.91 bits per heavy atom. The van der Waals surface area contributed by atoms with Crippen LogP contribution in [0.25, 0.3) is 11.1 Å². The molecular weight excluding hydrogens is 396 g/mol. The average molecular weight is 423 g/mol. The van der Waals surface area contributed by atoms with E-state index in [9.17, 15) is 10.1 Å². The SMILES string of the molecule is CC(C)(C)c1ccc(N(C2=CC=CCC2)c2cccc([N+](=O)[O-])c2)c(-c2c#cccc2)c1. The molecule has 0 radical (unpaired) electrons. The summed E-state index contributed by atoms with van der Waals surface area (Å²) in [5, 5.41) is 11.5.